The molecule has 3 heteroatoms. The second kappa shape index (κ2) is 3.35. The number of nitrogens with one attached hydrogen (secondary N) is 1. The Bertz CT molecular complexity index is 511. The molecule has 0 aliphatic rings. The molecule has 0 saturated carbocycles. The van der Waals surface area contributed by atoms with Gasteiger partial charge in [0.05, 0.1) is 11.1 Å². The van der Waals surface area contributed by atoms with E-state index >= 15 is 0 Å². The summed E-state index contributed by atoms with van der Waals surface area (Å²) in [4.78, 5) is 4.20. The van der Waals surface area contributed by atoms with E-state index in [2.05, 4.69) is 16.4 Å². The molecule has 1 aromatic carbocycles. The number of nitrogens with zero attached hydrogens (tertiary/aromatic N) is 2. The Kier molecular flexibility index (Phi) is 2.04. The Balaban J connectivity index is 2.87. The third kappa shape index (κ3) is 1.17. The van der Waals surface area contributed by atoms with Crippen LogP contribution in [0, 0.1) is 11.3 Å². The second-order valence-electron chi connectivity index (χ2n) is 2.92. The van der Waals surface area contributed by atoms with Gasteiger partial charge in [-0.25, -0.2) is 0 Å². The smallest absolute Gasteiger partial charge is 0.101 e. The van der Waals surface area contributed by atoms with Crippen molar-refractivity contribution in [2.45, 2.75) is 0 Å². The number of hydrogen-bond acceptors (Lipinski definition) is 3. The van der Waals surface area contributed by atoms with Gasteiger partial charge in [-0.05, 0) is 24.3 Å². The molecular weight excluding hydrogens is 174 g/mol. The lowest BCUT2D eigenvalue weighted by atomic mass is 10.1. The van der Waals surface area contributed by atoms with Gasteiger partial charge in [0, 0.05) is 24.3 Å². The zero-order chi connectivity index (χ0) is 9.97. The summed E-state index contributed by atoms with van der Waals surface area (Å²) < 4.78 is 0. The van der Waals surface area contributed by atoms with Gasteiger partial charge in [0.25, 0.3) is 0 Å². The number of benzene rings is 1. The van der Waals surface area contributed by atoms with Crippen LogP contribution in [0.25, 0.3) is 10.9 Å². The largest absolute Gasteiger partial charge is 0.388 e. The van der Waals surface area contributed by atoms with Crippen molar-refractivity contribution in [2.75, 3.05) is 12.4 Å². The van der Waals surface area contributed by atoms with Gasteiger partial charge < -0.3 is 5.32 Å². The predicted octanol–water partition coefficient (Wildman–Crippen LogP) is 2.15. The highest BCUT2D eigenvalue weighted by molar-refractivity contribution is 5.94. The number of fused-ring (bicyclic) bond motifs is 1. The summed E-state index contributed by atoms with van der Waals surface area (Å²) in [6.07, 6.45) is 1.70. The summed E-state index contributed by atoms with van der Waals surface area (Å²) >= 11 is 0. The minimum absolute atomic E-state index is 0.611. The van der Waals surface area contributed by atoms with Gasteiger partial charge in [-0.2, -0.15) is 5.26 Å². The minimum Gasteiger partial charge on any atom is -0.388 e. The van der Waals surface area contributed by atoms with Crippen LogP contribution in [0.3, 0.4) is 0 Å². The van der Waals surface area contributed by atoms with E-state index in [-0.39, 0.29) is 0 Å². The topological polar surface area (TPSA) is 48.7 Å². The molecule has 0 atom stereocenters. The summed E-state index contributed by atoms with van der Waals surface area (Å²) in [6, 6.07) is 9.62. The highest BCUT2D eigenvalue weighted by Gasteiger charge is 2.04. The van der Waals surface area contributed by atoms with E-state index in [9.17, 15) is 0 Å². The molecule has 0 saturated heterocycles. The molecule has 68 valence electrons. The first-order valence-electron chi connectivity index (χ1n) is 4.32. The number of pyridine rings is 1. The molecule has 1 N–H and O–H groups in total. The van der Waals surface area contributed by atoms with Crippen molar-refractivity contribution in [2.24, 2.45) is 0 Å². The van der Waals surface area contributed by atoms with Crippen molar-refractivity contribution in [1.82, 2.24) is 4.98 Å². The molecule has 0 aliphatic carbocycles. The normalized spacial score (nSPS) is 9.71. The summed E-state index contributed by atoms with van der Waals surface area (Å²) in [7, 11) is 1.85. The lowest BCUT2D eigenvalue weighted by molar-refractivity contribution is 1.38. The van der Waals surface area contributed by atoms with Crippen LogP contribution < -0.4 is 5.32 Å². The number of anilines is 1. The third-order valence-electron chi connectivity index (χ3n) is 2.16. The summed E-state index contributed by atoms with van der Waals surface area (Å²) in [5.41, 5.74) is 2.36. The predicted molar refractivity (Wildman–Crippen MR) is 56.0 cm³/mol. The van der Waals surface area contributed by atoms with Crippen LogP contribution in [-0.2, 0) is 0 Å². The summed E-state index contributed by atoms with van der Waals surface area (Å²) in [6.45, 7) is 0. The van der Waals surface area contributed by atoms with E-state index in [4.69, 9.17) is 5.26 Å². The fraction of sp³-hybridized carbons (Fsp3) is 0.0909. The van der Waals surface area contributed by atoms with Gasteiger partial charge in [0.2, 0.25) is 0 Å². The molecule has 0 radical (unpaired) electrons. The molecule has 0 fully saturated rings. The fourth-order valence-corrected chi connectivity index (χ4v) is 1.48. The van der Waals surface area contributed by atoms with Crippen LogP contribution >= 0.6 is 0 Å². The standard InChI is InChI=1S/C11H9N3/c1-13-10-5-4-8(7-12)11-9(10)3-2-6-14-11/h2-6,13H,1H3. The molecule has 2 rings (SSSR count). The van der Waals surface area contributed by atoms with Crippen molar-refractivity contribution in [1.29, 1.82) is 5.26 Å². The fourth-order valence-electron chi connectivity index (χ4n) is 1.48. The first-order chi connectivity index (χ1) is 6.86. The molecule has 0 spiro atoms. The van der Waals surface area contributed by atoms with E-state index in [1.54, 1.807) is 12.3 Å². The maximum Gasteiger partial charge on any atom is 0.101 e. The number of nitriles is 1. The van der Waals surface area contributed by atoms with Crippen LogP contribution in [0.1, 0.15) is 5.56 Å². The molecule has 0 amide bonds. The van der Waals surface area contributed by atoms with E-state index in [0.29, 0.717) is 5.56 Å². The molecule has 0 unspecified atom stereocenters. The SMILES string of the molecule is CNc1ccc(C#N)c2ncccc12. The van der Waals surface area contributed by atoms with Gasteiger partial charge in [-0.15, -0.1) is 0 Å². The first kappa shape index (κ1) is 8.52. The quantitative estimate of drug-likeness (QED) is 0.736. The van der Waals surface area contributed by atoms with Gasteiger partial charge in [0.1, 0.15) is 6.07 Å². The molecular formula is C11H9N3. The van der Waals surface area contributed by atoms with Gasteiger partial charge in [0.15, 0.2) is 0 Å². The average molecular weight is 183 g/mol. The first-order valence-corrected chi connectivity index (χ1v) is 4.32. The Morgan fingerprint density at radius 1 is 1.36 bits per heavy atom. The van der Waals surface area contributed by atoms with E-state index < -0.39 is 0 Å². The van der Waals surface area contributed by atoms with E-state index in [1.165, 1.54) is 0 Å². The van der Waals surface area contributed by atoms with Crippen LogP contribution in [0.5, 0.6) is 0 Å². The maximum atomic E-state index is 8.89. The second-order valence-corrected chi connectivity index (χ2v) is 2.92. The Hall–Kier alpha value is -2.08. The Labute approximate surface area is 82.0 Å². The monoisotopic (exact) mass is 183 g/mol. The van der Waals surface area contributed by atoms with Gasteiger partial charge in [-0.1, -0.05) is 0 Å². The van der Waals surface area contributed by atoms with Crippen LogP contribution in [0.15, 0.2) is 30.5 Å². The van der Waals surface area contributed by atoms with Crippen molar-refractivity contribution in [3.05, 3.63) is 36.0 Å². The van der Waals surface area contributed by atoms with Gasteiger partial charge in [-0.3, -0.25) is 4.98 Å². The Morgan fingerprint density at radius 3 is 2.93 bits per heavy atom. The molecule has 0 aliphatic heterocycles. The molecule has 1 aromatic heterocycles. The summed E-state index contributed by atoms with van der Waals surface area (Å²) in [5, 5.41) is 12.9. The number of hydrogen-bond donors (Lipinski definition) is 1. The lowest BCUT2D eigenvalue weighted by Gasteiger charge is -2.05. The van der Waals surface area contributed by atoms with Gasteiger partial charge >= 0.3 is 0 Å². The van der Waals surface area contributed by atoms with Crippen LogP contribution in [0.4, 0.5) is 5.69 Å². The highest BCUT2D eigenvalue weighted by atomic mass is 14.8. The van der Waals surface area contributed by atoms with E-state index in [1.807, 2.05) is 25.2 Å². The van der Waals surface area contributed by atoms with Crippen LogP contribution in [0.2, 0.25) is 0 Å². The number of rotatable bonds is 1. The molecule has 14 heavy (non-hydrogen) atoms. The van der Waals surface area contributed by atoms with Crippen molar-refractivity contribution in [3.63, 3.8) is 0 Å². The number of aromatic nitrogens is 1. The lowest BCUT2D eigenvalue weighted by Crippen LogP contribution is -1.92. The maximum absolute atomic E-state index is 8.89. The van der Waals surface area contributed by atoms with Crippen molar-refractivity contribution < 1.29 is 0 Å². The minimum atomic E-state index is 0.611. The average Bonchev–Trinajstić information content (AvgIpc) is 2.27. The third-order valence-corrected chi connectivity index (χ3v) is 2.16. The molecule has 3 nitrogen and oxygen atoms in total. The zero-order valence-electron chi connectivity index (χ0n) is 7.78. The van der Waals surface area contributed by atoms with E-state index in [0.717, 1.165) is 16.6 Å². The molecule has 2 aromatic rings. The van der Waals surface area contributed by atoms with Crippen molar-refractivity contribution >= 4 is 16.6 Å². The van der Waals surface area contributed by atoms with Crippen molar-refractivity contribution in [3.8, 4) is 6.07 Å². The highest BCUT2D eigenvalue weighted by Crippen LogP contribution is 2.23. The zero-order valence-corrected chi connectivity index (χ0v) is 7.78. The summed E-state index contributed by atoms with van der Waals surface area (Å²) in [5.74, 6) is 0. The molecule has 1 heterocycles. The Morgan fingerprint density at radius 2 is 2.21 bits per heavy atom. The van der Waals surface area contributed by atoms with Crippen LogP contribution in [-0.4, -0.2) is 12.0 Å². The molecule has 0 bridgehead atoms.